The van der Waals surface area contributed by atoms with Gasteiger partial charge in [0.25, 0.3) is 0 Å². The van der Waals surface area contributed by atoms with E-state index >= 15 is 0 Å². The number of carbonyl (C=O) groups excluding carboxylic acids is 3. The van der Waals surface area contributed by atoms with Crippen molar-refractivity contribution in [2.75, 3.05) is 18.1 Å². The molecule has 226 valence electrons. The number of carboxylic acids is 1. The van der Waals surface area contributed by atoms with E-state index in [-0.39, 0.29) is 29.5 Å². The second-order valence-corrected chi connectivity index (χ2v) is 9.81. The molecule has 0 fully saturated rings. The summed E-state index contributed by atoms with van der Waals surface area (Å²) in [7, 11) is 0. The molecule has 0 aliphatic carbocycles. The van der Waals surface area contributed by atoms with Crippen molar-refractivity contribution >= 4 is 41.3 Å². The van der Waals surface area contributed by atoms with Crippen LogP contribution in [0.25, 0.3) is 6.08 Å². The highest BCUT2D eigenvalue weighted by atomic mass is 16.5. The Bertz CT molecular complexity index is 1450. The summed E-state index contributed by atoms with van der Waals surface area (Å²) in [4.78, 5) is 48.0. The van der Waals surface area contributed by atoms with Crippen LogP contribution in [0, 0.1) is 0 Å². The lowest BCUT2D eigenvalue weighted by Crippen LogP contribution is -2.10. The number of carbonyl (C=O) groups is 4. The van der Waals surface area contributed by atoms with Gasteiger partial charge in [0.1, 0.15) is 11.5 Å². The van der Waals surface area contributed by atoms with Crippen molar-refractivity contribution in [2.45, 2.75) is 51.9 Å². The third kappa shape index (κ3) is 10.7. The SMILES string of the molecule is CCCCCCC(=O)Oc1ccc(OC(=O)/C=C/c2ccc(C(=O)OCCCc3c(N)cc(N)cc3C(=O)O)cc2)cc1. The summed E-state index contributed by atoms with van der Waals surface area (Å²) in [5.41, 5.74) is 13.6. The molecule has 0 aromatic heterocycles. The zero-order chi connectivity index (χ0) is 31.2. The Morgan fingerprint density at radius 2 is 1.51 bits per heavy atom. The summed E-state index contributed by atoms with van der Waals surface area (Å²) >= 11 is 0. The third-order valence-electron chi connectivity index (χ3n) is 6.41. The third-order valence-corrected chi connectivity index (χ3v) is 6.41. The summed E-state index contributed by atoms with van der Waals surface area (Å²) < 4.78 is 15.9. The minimum Gasteiger partial charge on any atom is -0.478 e. The van der Waals surface area contributed by atoms with Crippen LogP contribution in [0.15, 0.2) is 66.7 Å². The van der Waals surface area contributed by atoms with E-state index in [0.29, 0.717) is 47.5 Å². The van der Waals surface area contributed by atoms with Crippen molar-refractivity contribution in [3.8, 4) is 11.5 Å². The van der Waals surface area contributed by atoms with E-state index < -0.39 is 17.9 Å². The molecule has 0 aliphatic heterocycles. The van der Waals surface area contributed by atoms with Crippen LogP contribution in [0.4, 0.5) is 11.4 Å². The van der Waals surface area contributed by atoms with Crippen LogP contribution < -0.4 is 20.9 Å². The number of hydrogen-bond donors (Lipinski definition) is 3. The van der Waals surface area contributed by atoms with Crippen molar-refractivity contribution in [1.29, 1.82) is 0 Å². The molecule has 0 bridgehead atoms. The maximum atomic E-state index is 12.4. The second kappa shape index (κ2) is 16.4. The molecule has 3 aromatic rings. The van der Waals surface area contributed by atoms with Crippen molar-refractivity contribution < 1.29 is 38.5 Å². The van der Waals surface area contributed by atoms with E-state index in [4.69, 9.17) is 25.7 Å². The lowest BCUT2D eigenvalue weighted by molar-refractivity contribution is -0.134. The highest BCUT2D eigenvalue weighted by Crippen LogP contribution is 2.23. The average molecular weight is 589 g/mol. The van der Waals surface area contributed by atoms with E-state index in [2.05, 4.69) is 6.92 Å². The van der Waals surface area contributed by atoms with Crippen molar-refractivity contribution in [3.63, 3.8) is 0 Å². The fraction of sp³-hybridized carbons (Fsp3) is 0.273. The molecule has 0 spiro atoms. The zero-order valence-electron chi connectivity index (χ0n) is 24.0. The first-order valence-electron chi connectivity index (χ1n) is 14.0. The molecule has 0 saturated heterocycles. The number of aromatic carboxylic acids is 1. The molecule has 0 unspecified atom stereocenters. The lowest BCUT2D eigenvalue weighted by atomic mass is 10.00. The molecule has 3 aromatic carbocycles. The number of carboxylic acid groups (broad SMARTS) is 1. The quantitative estimate of drug-likeness (QED) is 0.0645. The summed E-state index contributed by atoms with van der Waals surface area (Å²) in [5.74, 6) is -1.88. The minimum atomic E-state index is -1.13. The fourth-order valence-electron chi connectivity index (χ4n) is 4.18. The number of nitrogens with two attached hydrogens (primary N) is 2. The number of benzene rings is 3. The van der Waals surface area contributed by atoms with Crippen molar-refractivity contribution in [3.05, 3.63) is 89.0 Å². The molecular formula is C33H36N2O8. The number of unbranched alkanes of at least 4 members (excludes halogenated alkanes) is 3. The van der Waals surface area contributed by atoms with Gasteiger partial charge >= 0.3 is 23.9 Å². The summed E-state index contributed by atoms with van der Waals surface area (Å²) in [5, 5.41) is 9.39. The number of hydrogen-bond acceptors (Lipinski definition) is 9. The Morgan fingerprint density at radius 1 is 0.837 bits per heavy atom. The molecule has 0 radical (unpaired) electrons. The van der Waals surface area contributed by atoms with Crippen LogP contribution in [0.2, 0.25) is 0 Å². The lowest BCUT2D eigenvalue weighted by Gasteiger charge is -2.11. The monoisotopic (exact) mass is 588 g/mol. The Morgan fingerprint density at radius 3 is 2.16 bits per heavy atom. The topological polar surface area (TPSA) is 168 Å². The van der Waals surface area contributed by atoms with Crippen LogP contribution in [0.5, 0.6) is 11.5 Å². The summed E-state index contributed by atoms with van der Waals surface area (Å²) in [6, 6.07) is 15.5. The maximum absolute atomic E-state index is 12.4. The normalized spacial score (nSPS) is 10.8. The summed E-state index contributed by atoms with van der Waals surface area (Å²) in [6.07, 6.45) is 7.81. The van der Waals surface area contributed by atoms with Gasteiger partial charge in [-0.15, -0.1) is 0 Å². The van der Waals surface area contributed by atoms with Gasteiger partial charge in [0, 0.05) is 23.9 Å². The number of nitrogen functional groups attached to an aromatic ring is 2. The molecule has 0 saturated carbocycles. The van der Waals surface area contributed by atoms with Gasteiger partial charge in [-0.3, -0.25) is 4.79 Å². The number of rotatable bonds is 15. The van der Waals surface area contributed by atoms with Crippen LogP contribution in [0.3, 0.4) is 0 Å². The summed E-state index contributed by atoms with van der Waals surface area (Å²) in [6.45, 7) is 2.17. The van der Waals surface area contributed by atoms with E-state index in [1.807, 2.05) is 0 Å². The first-order chi connectivity index (χ1) is 20.7. The van der Waals surface area contributed by atoms with E-state index in [1.165, 1.54) is 18.2 Å². The predicted molar refractivity (Wildman–Crippen MR) is 163 cm³/mol. The largest absolute Gasteiger partial charge is 0.478 e. The standard InChI is InChI=1S/C33H36N2O8/c1-2-3-4-5-8-30(36)42-25-14-16-26(17-15-25)43-31(37)18-11-22-9-12-23(13-10-22)33(40)41-19-6-7-27-28(32(38)39)20-24(34)21-29(27)35/h9-18,20-21H,2-8,19,34-35H2,1H3,(H,38,39)/b18-11+. The van der Waals surface area contributed by atoms with Gasteiger partial charge in [0.2, 0.25) is 0 Å². The van der Waals surface area contributed by atoms with Gasteiger partial charge in [-0.1, -0.05) is 38.3 Å². The maximum Gasteiger partial charge on any atom is 0.338 e. The smallest absolute Gasteiger partial charge is 0.338 e. The van der Waals surface area contributed by atoms with E-state index in [0.717, 1.165) is 25.7 Å². The molecule has 10 nitrogen and oxygen atoms in total. The van der Waals surface area contributed by atoms with Gasteiger partial charge < -0.3 is 30.8 Å². The highest BCUT2D eigenvalue weighted by molar-refractivity contribution is 5.93. The van der Waals surface area contributed by atoms with Crippen LogP contribution >= 0.6 is 0 Å². The van der Waals surface area contributed by atoms with Crippen molar-refractivity contribution in [1.82, 2.24) is 0 Å². The number of esters is 3. The Hall–Kier alpha value is -5.12. The first kappa shape index (κ1) is 32.4. The average Bonchev–Trinajstić information content (AvgIpc) is 2.98. The number of anilines is 2. The van der Waals surface area contributed by atoms with Crippen LogP contribution in [-0.2, 0) is 20.7 Å². The molecule has 10 heteroatoms. The predicted octanol–water partition coefficient (Wildman–Crippen LogP) is 5.83. The number of ether oxygens (including phenoxy) is 3. The van der Waals surface area contributed by atoms with Crippen LogP contribution in [-0.4, -0.2) is 35.6 Å². The molecule has 0 atom stereocenters. The van der Waals surface area contributed by atoms with Gasteiger partial charge in [0.15, 0.2) is 0 Å². The molecule has 0 aliphatic rings. The minimum absolute atomic E-state index is 0.0281. The van der Waals surface area contributed by atoms with Crippen molar-refractivity contribution in [2.24, 2.45) is 0 Å². The molecule has 3 rings (SSSR count). The highest BCUT2D eigenvalue weighted by Gasteiger charge is 2.15. The first-order valence-corrected chi connectivity index (χ1v) is 14.0. The molecule has 0 amide bonds. The van der Waals surface area contributed by atoms with Gasteiger partial charge in [-0.25, -0.2) is 14.4 Å². The van der Waals surface area contributed by atoms with Gasteiger partial charge in [0.05, 0.1) is 17.7 Å². The van der Waals surface area contributed by atoms with E-state index in [9.17, 15) is 24.3 Å². The molecule has 43 heavy (non-hydrogen) atoms. The Balaban J connectivity index is 1.42. The fourth-order valence-corrected chi connectivity index (χ4v) is 4.18. The molecule has 0 heterocycles. The van der Waals surface area contributed by atoms with E-state index in [1.54, 1.807) is 54.6 Å². The Kier molecular flexibility index (Phi) is 12.3. The second-order valence-electron chi connectivity index (χ2n) is 9.81. The molecule has 5 N–H and O–H groups in total. The van der Waals surface area contributed by atoms with Gasteiger partial charge in [-0.05, 0) is 85.0 Å². The molecular weight excluding hydrogens is 552 g/mol. The zero-order valence-corrected chi connectivity index (χ0v) is 24.0. The Labute approximate surface area is 250 Å². The van der Waals surface area contributed by atoms with Gasteiger partial charge in [-0.2, -0.15) is 0 Å². The van der Waals surface area contributed by atoms with Crippen LogP contribution in [0.1, 0.15) is 77.3 Å².